The quantitative estimate of drug-likeness (QED) is 0.489. The molecule has 1 aliphatic rings. The van der Waals surface area contributed by atoms with Crippen LogP contribution < -0.4 is 0 Å². The van der Waals surface area contributed by atoms with Crippen molar-refractivity contribution in [1.82, 2.24) is 9.21 Å². The number of piperidine rings is 1. The average Bonchev–Trinajstić information content (AvgIpc) is 2.71. The molecule has 0 aliphatic carbocycles. The molecular weight excluding hydrogens is 396 g/mol. The molecule has 1 aromatic carbocycles. The maximum atomic E-state index is 13.1. The highest BCUT2D eigenvalue weighted by atomic mass is 32.2. The number of likely N-dealkylation sites (N-methyl/N-ethyl adjacent to an activating group) is 1. The summed E-state index contributed by atoms with van der Waals surface area (Å²) >= 11 is 0. The lowest BCUT2D eigenvalue weighted by Gasteiger charge is -2.33. The van der Waals surface area contributed by atoms with Crippen LogP contribution in [0.4, 0.5) is 0 Å². The number of ether oxygens (including phenoxy) is 1. The number of hydrogen-bond donors (Lipinski definition) is 0. The third-order valence-electron chi connectivity index (χ3n) is 5.10. The van der Waals surface area contributed by atoms with Crippen LogP contribution in [0, 0.1) is 0 Å². The van der Waals surface area contributed by atoms with Gasteiger partial charge in [0.15, 0.2) is 12.4 Å². The van der Waals surface area contributed by atoms with Gasteiger partial charge in [-0.25, -0.2) is 8.42 Å². The first-order valence-electron chi connectivity index (χ1n) is 9.61. The zero-order valence-corrected chi connectivity index (χ0v) is 18.1. The lowest BCUT2D eigenvalue weighted by Crippen LogP contribution is -2.49. The summed E-state index contributed by atoms with van der Waals surface area (Å²) in [5.74, 6) is -1.23. The molecule has 0 radical (unpaired) electrons. The number of amides is 1. The molecule has 29 heavy (non-hydrogen) atoms. The van der Waals surface area contributed by atoms with Gasteiger partial charge in [0.05, 0.1) is 4.90 Å². The number of sulfonamides is 1. The van der Waals surface area contributed by atoms with Gasteiger partial charge in [-0.1, -0.05) is 12.1 Å². The van der Waals surface area contributed by atoms with Gasteiger partial charge in [-0.15, -0.1) is 0 Å². The van der Waals surface area contributed by atoms with Gasteiger partial charge >= 0.3 is 5.97 Å². The number of hydrogen-bond acceptors (Lipinski definition) is 6. The van der Waals surface area contributed by atoms with E-state index in [1.807, 2.05) is 13.8 Å². The van der Waals surface area contributed by atoms with Crippen LogP contribution in [-0.4, -0.2) is 67.6 Å². The summed E-state index contributed by atoms with van der Waals surface area (Å²) in [4.78, 5) is 37.5. The summed E-state index contributed by atoms with van der Waals surface area (Å²) in [7, 11) is -2.33. The van der Waals surface area contributed by atoms with Crippen molar-refractivity contribution < 1.29 is 27.5 Å². The van der Waals surface area contributed by atoms with Crippen molar-refractivity contribution >= 4 is 27.7 Å². The summed E-state index contributed by atoms with van der Waals surface area (Å²) in [5, 5.41) is 0. The Kier molecular flexibility index (Phi) is 7.54. The Hall–Kier alpha value is -2.26. The van der Waals surface area contributed by atoms with Crippen LogP contribution in [0.15, 0.2) is 29.2 Å². The first-order valence-corrected chi connectivity index (χ1v) is 11.0. The molecule has 9 heteroatoms. The van der Waals surface area contributed by atoms with E-state index < -0.39 is 28.6 Å². The van der Waals surface area contributed by atoms with E-state index in [9.17, 15) is 22.8 Å². The standard InChI is InChI=1S/C20H28N2O6S/c1-14(2)21(4)19(24)13-28-20(25)18-7-5-6-12-22(18)29(26,27)17-10-8-16(9-11-17)15(3)23/h8-11,14,18H,5-7,12-13H2,1-4H3. The Morgan fingerprint density at radius 1 is 1.17 bits per heavy atom. The fourth-order valence-corrected chi connectivity index (χ4v) is 4.69. The number of Topliss-reactive ketones (excluding diaryl/α,β-unsaturated/α-hetero) is 1. The zero-order valence-electron chi connectivity index (χ0n) is 17.3. The highest BCUT2D eigenvalue weighted by Crippen LogP contribution is 2.26. The lowest BCUT2D eigenvalue weighted by atomic mass is 10.1. The number of carbonyl (C=O) groups is 3. The van der Waals surface area contributed by atoms with E-state index >= 15 is 0 Å². The number of carbonyl (C=O) groups excluding carboxylic acids is 3. The Labute approximate surface area is 171 Å². The zero-order chi connectivity index (χ0) is 21.8. The highest BCUT2D eigenvalue weighted by Gasteiger charge is 2.38. The molecule has 1 aliphatic heterocycles. The van der Waals surface area contributed by atoms with Crippen LogP contribution in [-0.2, 0) is 24.3 Å². The van der Waals surface area contributed by atoms with E-state index in [4.69, 9.17) is 4.74 Å². The Morgan fingerprint density at radius 3 is 2.34 bits per heavy atom. The van der Waals surface area contributed by atoms with E-state index in [1.165, 1.54) is 36.1 Å². The fourth-order valence-electron chi connectivity index (χ4n) is 3.04. The summed E-state index contributed by atoms with van der Waals surface area (Å²) in [6, 6.07) is 4.62. The maximum absolute atomic E-state index is 13.1. The van der Waals surface area contributed by atoms with Gasteiger partial charge in [0.1, 0.15) is 6.04 Å². The average molecular weight is 425 g/mol. The minimum absolute atomic E-state index is 0.0119. The molecule has 1 saturated heterocycles. The SMILES string of the molecule is CC(=O)c1ccc(S(=O)(=O)N2CCCCC2C(=O)OCC(=O)N(C)C(C)C)cc1. The van der Waals surface area contributed by atoms with Crippen molar-refractivity contribution in [1.29, 1.82) is 0 Å². The maximum Gasteiger partial charge on any atom is 0.324 e. The smallest absolute Gasteiger partial charge is 0.324 e. The molecule has 0 aromatic heterocycles. The minimum Gasteiger partial charge on any atom is -0.454 e. The molecule has 1 unspecified atom stereocenters. The van der Waals surface area contributed by atoms with Crippen molar-refractivity contribution in [2.75, 3.05) is 20.2 Å². The number of ketones is 1. The molecule has 8 nitrogen and oxygen atoms in total. The molecule has 2 rings (SSSR count). The molecule has 0 bridgehead atoms. The van der Waals surface area contributed by atoms with Crippen molar-refractivity contribution in [2.24, 2.45) is 0 Å². The van der Waals surface area contributed by atoms with E-state index in [1.54, 1.807) is 7.05 Å². The van der Waals surface area contributed by atoms with E-state index in [-0.39, 0.29) is 29.2 Å². The van der Waals surface area contributed by atoms with Crippen LogP contribution in [0.3, 0.4) is 0 Å². The molecule has 0 saturated carbocycles. The Balaban J connectivity index is 2.16. The highest BCUT2D eigenvalue weighted by molar-refractivity contribution is 7.89. The summed E-state index contributed by atoms with van der Waals surface area (Å²) < 4.78 is 32.4. The predicted molar refractivity (Wildman–Crippen MR) is 107 cm³/mol. The summed E-state index contributed by atoms with van der Waals surface area (Å²) in [5.41, 5.74) is 0.409. The first-order chi connectivity index (χ1) is 13.6. The van der Waals surface area contributed by atoms with Gasteiger partial charge in [-0.2, -0.15) is 4.31 Å². The normalized spacial score (nSPS) is 17.8. The third kappa shape index (κ3) is 5.42. The molecular formula is C20H28N2O6S. The van der Waals surface area contributed by atoms with Gasteiger partial charge in [0.2, 0.25) is 10.0 Å². The van der Waals surface area contributed by atoms with Crippen LogP contribution >= 0.6 is 0 Å². The van der Waals surface area contributed by atoms with Gasteiger partial charge in [-0.3, -0.25) is 14.4 Å². The molecule has 1 heterocycles. The molecule has 0 spiro atoms. The van der Waals surface area contributed by atoms with Crippen molar-refractivity contribution in [2.45, 2.75) is 57.0 Å². The van der Waals surface area contributed by atoms with Crippen LogP contribution in [0.5, 0.6) is 0 Å². The summed E-state index contributed by atoms with van der Waals surface area (Å²) in [6.07, 6.45) is 1.65. The predicted octanol–water partition coefficient (Wildman–Crippen LogP) is 1.84. The van der Waals surface area contributed by atoms with Crippen LogP contribution in [0.1, 0.15) is 50.4 Å². The number of esters is 1. The third-order valence-corrected chi connectivity index (χ3v) is 7.02. The van der Waals surface area contributed by atoms with E-state index in [0.717, 1.165) is 4.31 Å². The Morgan fingerprint density at radius 2 is 1.79 bits per heavy atom. The van der Waals surface area contributed by atoms with Gasteiger partial charge < -0.3 is 9.64 Å². The molecule has 1 atom stereocenters. The van der Waals surface area contributed by atoms with Crippen molar-refractivity contribution in [3.05, 3.63) is 29.8 Å². The van der Waals surface area contributed by atoms with E-state index in [0.29, 0.717) is 24.8 Å². The lowest BCUT2D eigenvalue weighted by molar-refractivity contribution is -0.156. The topological polar surface area (TPSA) is 101 Å². The number of benzene rings is 1. The molecule has 160 valence electrons. The van der Waals surface area contributed by atoms with E-state index in [2.05, 4.69) is 0 Å². The second-order valence-electron chi connectivity index (χ2n) is 7.41. The van der Waals surface area contributed by atoms with Crippen molar-refractivity contribution in [3.8, 4) is 0 Å². The summed E-state index contributed by atoms with van der Waals surface area (Å²) in [6.45, 7) is 4.85. The number of nitrogens with zero attached hydrogens (tertiary/aromatic N) is 2. The molecule has 1 amide bonds. The minimum atomic E-state index is -3.94. The second kappa shape index (κ2) is 9.49. The first kappa shape index (κ1) is 23.0. The monoisotopic (exact) mass is 424 g/mol. The molecule has 1 fully saturated rings. The molecule has 1 aromatic rings. The number of rotatable bonds is 7. The van der Waals surface area contributed by atoms with Crippen LogP contribution in [0.2, 0.25) is 0 Å². The van der Waals surface area contributed by atoms with Crippen molar-refractivity contribution in [3.63, 3.8) is 0 Å². The fraction of sp³-hybridized carbons (Fsp3) is 0.550. The second-order valence-corrected chi connectivity index (χ2v) is 9.30. The molecule has 0 N–H and O–H groups in total. The van der Waals surface area contributed by atoms with Gasteiger partial charge in [0, 0.05) is 25.2 Å². The van der Waals surface area contributed by atoms with Crippen LogP contribution in [0.25, 0.3) is 0 Å². The van der Waals surface area contributed by atoms with Gasteiger partial charge in [0.25, 0.3) is 5.91 Å². The Bertz CT molecular complexity index is 863. The van der Waals surface area contributed by atoms with Gasteiger partial charge in [-0.05, 0) is 52.2 Å². The largest absolute Gasteiger partial charge is 0.454 e.